The Kier molecular flexibility index (Phi) is 3.74. The number of anilines is 1. The number of halogens is 1. The topological polar surface area (TPSA) is 72.2 Å². The van der Waals surface area contributed by atoms with Crippen LogP contribution in [0, 0.1) is 16.0 Å². The smallest absolute Gasteiger partial charge is 0.329 e. The minimum Gasteiger partial charge on any atom is -0.347 e. The average molecular weight is 297 g/mol. The van der Waals surface area contributed by atoms with Crippen molar-refractivity contribution >= 4 is 23.1 Å². The molecule has 0 amide bonds. The summed E-state index contributed by atoms with van der Waals surface area (Å²) in [6.45, 7) is 0.815. The third-order valence-electron chi connectivity index (χ3n) is 4.43. The minimum atomic E-state index is -0.421. The lowest BCUT2D eigenvalue weighted by atomic mass is 9.96. The molecule has 0 aromatic carbocycles. The zero-order valence-corrected chi connectivity index (χ0v) is 11.9. The van der Waals surface area contributed by atoms with Gasteiger partial charge in [0.05, 0.1) is 4.92 Å². The fraction of sp³-hybridized carbons (Fsp3) is 0.692. The van der Waals surface area contributed by atoms with Crippen LogP contribution in [0.1, 0.15) is 38.5 Å². The quantitative estimate of drug-likeness (QED) is 0.486. The van der Waals surface area contributed by atoms with E-state index in [-0.39, 0.29) is 11.0 Å². The van der Waals surface area contributed by atoms with Crippen LogP contribution in [-0.2, 0) is 0 Å². The molecule has 6 nitrogen and oxygen atoms in total. The molecule has 1 aromatic rings. The lowest BCUT2D eigenvalue weighted by Gasteiger charge is -2.29. The number of nitrogens with zero attached hydrogens (tertiary/aromatic N) is 4. The summed E-state index contributed by atoms with van der Waals surface area (Å²) in [6.07, 6.45) is 8.32. The molecule has 2 aliphatic rings. The normalized spacial score (nSPS) is 23.4. The standard InChI is InChI=1S/C13H17ClN4O2/c14-13-15-8-11(18(19)20)12(16-13)17-7-3-6-10(17)9-4-1-2-5-9/h8-10H,1-7H2. The summed E-state index contributed by atoms with van der Waals surface area (Å²) in [5.74, 6) is 1.02. The van der Waals surface area contributed by atoms with Gasteiger partial charge in [-0.3, -0.25) is 10.1 Å². The number of rotatable bonds is 3. The van der Waals surface area contributed by atoms with Crippen LogP contribution in [0.2, 0.25) is 5.28 Å². The minimum absolute atomic E-state index is 0.0423. The molecule has 2 fully saturated rings. The summed E-state index contributed by atoms with van der Waals surface area (Å²) in [6, 6.07) is 0.363. The molecule has 1 atom stereocenters. The van der Waals surface area contributed by atoms with Gasteiger partial charge in [0.2, 0.25) is 11.1 Å². The predicted octanol–water partition coefficient (Wildman–Crippen LogP) is 3.20. The van der Waals surface area contributed by atoms with Gasteiger partial charge in [0, 0.05) is 12.6 Å². The van der Waals surface area contributed by atoms with Crippen LogP contribution < -0.4 is 4.90 Å². The zero-order chi connectivity index (χ0) is 14.1. The van der Waals surface area contributed by atoms with Gasteiger partial charge in [-0.05, 0) is 43.2 Å². The van der Waals surface area contributed by atoms with E-state index in [1.54, 1.807) is 0 Å². The van der Waals surface area contributed by atoms with E-state index in [2.05, 4.69) is 14.9 Å². The van der Waals surface area contributed by atoms with E-state index in [0.717, 1.165) is 19.4 Å². The molecule has 0 N–H and O–H groups in total. The maximum absolute atomic E-state index is 11.2. The van der Waals surface area contributed by atoms with Crippen molar-refractivity contribution in [1.82, 2.24) is 9.97 Å². The molecule has 1 aliphatic carbocycles. The molecule has 1 saturated heterocycles. The van der Waals surface area contributed by atoms with Crippen LogP contribution in [0.3, 0.4) is 0 Å². The molecule has 20 heavy (non-hydrogen) atoms. The first-order chi connectivity index (χ1) is 9.66. The van der Waals surface area contributed by atoms with Crippen molar-refractivity contribution in [3.63, 3.8) is 0 Å². The van der Waals surface area contributed by atoms with Crippen molar-refractivity contribution in [3.05, 3.63) is 21.6 Å². The van der Waals surface area contributed by atoms with E-state index < -0.39 is 4.92 Å². The van der Waals surface area contributed by atoms with Gasteiger partial charge in [-0.1, -0.05) is 12.8 Å². The van der Waals surface area contributed by atoms with Gasteiger partial charge in [-0.25, -0.2) is 4.98 Å². The predicted molar refractivity (Wildman–Crippen MR) is 76.0 cm³/mol. The van der Waals surface area contributed by atoms with Crippen LogP contribution in [0.5, 0.6) is 0 Å². The summed E-state index contributed by atoms with van der Waals surface area (Å²) in [7, 11) is 0. The van der Waals surface area contributed by atoms with Crippen molar-refractivity contribution < 1.29 is 4.92 Å². The Labute approximate surface area is 122 Å². The molecule has 0 bridgehead atoms. The summed E-state index contributed by atoms with van der Waals surface area (Å²) >= 11 is 5.84. The third-order valence-corrected chi connectivity index (χ3v) is 4.61. The number of nitro groups is 1. The highest BCUT2D eigenvalue weighted by Gasteiger charge is 2.37. The first kappa shape index (κ1) is 13.5. The van der Waals surface area contributed by atoms with Crippen LogP contribution in [0.25, 0.3) is 0 Å². The second-order valence-corrected chi connectivity index (χ2v) is 5.89. The Morgan fingerprint density at radius 1 is 1.30 bits per heavy atom. The van der Waals surface area contributed by atoms with Gasteiger partial charge in [0.1, 0.15) is 6.20 Å². The molecule has 108 valence electrons. The maximum atomic E-state index is 11.2. The second kappa shape index (κ2) is 5.52. The van der Waals surface area contributed by atoms with Gasteiger partial charge in [0.15, 0.2) is 0 Å². The molecule has 3 rings (SSSR count). The molecule has 0 spiro atoms. The SMILES string of the molecule is O=[N+]([O-])c1cnc(Cl)nc1N1CCCC1C1CCCC1. The van der Waals surface area contributed by atoms with Gasteiger partial charge in [-0.2, -0.15) is 4.98 Å². The monoisotopic (exact) mass is 296 g/mol. The molecule has 2 heterocycles. The van der Waals surface area contributed by atoms with Crippen molar-refractivity contribution in [1.29, 1.82) is 0 Å². The van der Waals surface area contributed by atoms with E-state index >= 15 is 0 Å². The molecule has 0 radical (unpaired) electrons. The van der Waals surface area contributed by atoms with Crippen molar-refractivity contribution in [2.24, 2.45) is 5.92 Å². The van der Waals surface area contributed by atoms with E-state index in [1.165, 1.54) is 31.9 Å². The molecular weight excluding hydrogens is 280 g/mol. The zero-order valence-electron chi connectivity index (χ0n) is 11.2. The lowest BCUT2D eigenvalue weighted by molar-refractivity contribution is -0.384. The Bertz CT molecular complexity index is 519. The maximum Gasteiger partial charge on any atom is 0.329 e. The van der Waals surface area contributed by atoms with Crippen molar-refractivity contribution in [2.45, 2.75) is 44.6 Å². The van der Waals surface area contributed by atoms with Gasteiger partial charge >= 0.3 is 5.69 Å². The Balaban J connectivity index is 1.94. The van der Waals surface area contributed by atoms with Crippen molar-refractivity contribution in [3.8, 4) is 0 Å². The summed E-state index contributed by atoms with van der Waals surface area (Å²) < 4.78 is 0. The van der Waals surface area contributed by atoms with Gasteiger partial charge < -0.3 is 4.90 Å². The molecule has 1 saturated carbocycles. The number of hydrogen-bond acceptors (Lipinski definition) is 5. The Morgan fingerprint density at radius 2 is 2.05 bits per heavy atom. The molecule has 7 heteroatoms. The largest absolute Gasteiger partial charge is 0.347 e. The van der Waals surface area contributed by atoms with E-state index in [1.807, 2.05) is 0 Å². The first-order valence-electron chi connectivity index (χ1n) is 7.10. The summed E-state index contributed by atoms with van der Waals surface area (Å²) in [5, 5.41) is 11.2. The second-order valence-electron chi connectivity index (χ2n) is 5.55. The molecule has 1 unspecified atom stereocenters. The highest BCUT2D eigenvalue weighted by molar-refractivity contribution is 6.28. The third kappa shape index (κ3) is 2.44. The molecular formula is C13H17ClN4O2. The number of aromatic nitrogens is 2. The van der Waals surface area contributed by atoms with Crippen molar-refractivity contribution in [2.75, 3.05) is 11.4 Å². The fourth-order valence-corrected chi connectivity index (χ4v) is 3.70. The van der Waals surface area contributed by atoms with E-state index in [4.69, 9.17) is 11.6 Å². The number of hydrogen-bond donors (Lipinski definition) is 0. The van der Waals surface area contributed by atoms with Crippen LogP contribution in [-0.4, -0.2) is 27.5 Å². The average Bonchev–Trinajstić information content (AvgIpc) is 3.09. The Morgan fingerprint density at radius 3 is 2.75 bits per heavy atom. The molecule has 1 aliphatic heterocycles. The summed E-state index contributed by atoms with van der Waals surface area (Å²) in [5.41, 5.74) is -0.0423. The van der Waals surface area contributed by atoms with Crippen LogP contribution in [0.15, 0.2) is 6.20 Å². The summed E-state index contributed by atoms with van der Waals surface area (Å²) in [4.78, 5) is 20.7. The van der Waals surface area contributed by atoms with Gasteiger partial charge in [-0.15, -0.1) is 0 Å². The highest BCUT2D eigenvalue weighted by atomic mass is 35.5. The fourth-order valence-electron chi connectivity index (χ4n) is 3.57. The highest BCUT2D eigenvalue weighted by Crippen LogP contribution is 2.39. The Hall–Kier alpha value is -1.43. The van der Waals surface area contributed by atoms with Gasteiger partial charge in [0.25, 0.3) is 0 Å². The molecule has 1 aromatic heterocycles. The van der Waals surface area contributed by atoms with E-state index in [0.29, 0.717) is 17.8 Å². The first-order valence-corrected chi connectivity index (χ1v) is 7.48. The van der Waals surface area contributed by atoms with Crippen LogP contribution in [0.4, 0.5) is 11.5 Å². The van der Waals surface area contributed by atoms with E-state index in [9.17, 15) is 10.1 Å². The lowest BCUT2D eigenvalue weighted by Crippen LogP contribution is -2.35. The van der Waals surface area contributed by atoms with Crippen LogP contribution >= 0.6 is 11.6 Å².